The molecule has 0 bridgehead atoms. The lowest BCUT2D eigenvalue weighted by molar-refractivity contribution is 0.517. The fraction of sp³-hybridized carbons (Fsp3) is 0.889. The van der Waals surface area contributed by atoms with Crippen LogP contribution in [0.25, 0.3) is 0 Å². The molecule has 0 spiro atoms. The second kappa shape index (κ2) is 4.17. The molecule has 68 valence electrons. The standard InChI is InChI=1S/C9H16N2S/c1-2-4-8(5-3-1)12-9-10-6-7-11-9/h8H,1-7H2,(H,10,11). The van der Waals surface area contributed by atoms with E-state index in [9.17, 15) is 0 Å². The molecular weight excluding hydrogens is 168 g/mol. The molecule has 0 amide bonds. The van der Waals surface area contributed by atoms with Crippen molar-refractivity contribution in [3.8, 4) is 0 Å². The van der Waals surface area contributed by atoms with Crippen LogP contribution in [0.2, 0.25) is 0 Å². The molecule has 0 unspecified atom stereocenters. The summed E-state index contributed by atoms with van der Waals surface area (Å²) >= 11 is 1.97. The molecule has 2 nitrogen and oxygen atoms in total. The minimum absolute atomic E-state index is 0.850. The van der Waals surface area contributed by atoms with Crippen molar-refractivity contribution in [2.24, 2.45) is 4.99 Å². The van der Waals surface area contributed by atoms with E-state index in [2.05, 4.69) is 10.3 Å². The molecule has 2 rings (SSSR count). The van der Waals surface area contributed by atoms with Gasteiger partial charge >= 0.3 is 0 Å². The van der Waals surface area contributed by atoms with E-state index in [4.69, 9.17) is 0 Å². The van der Waals surface area contributed by atoms with Crippen LogP contribution in [0, 0.1) is 0 Å². The summed E-state index contributed by atoms with van der Waals surface area (Å²) in [6.45, 7) is 2.03. The summed E-state index contributed by atoms with van der Waals surface area (Å²) in [6, 6.07) is 0. The lowest BCUT2D eigenvalue weighted by atomic mass is 10.0. The molecule has 1 heterocycles. The predicted molar refractivity (Wildman–Crippen MR) is 54.8 cm³/mol. The molecule has 0 aromatic heterocycles. The number of nitrogens with one attached hydrogen (secondary N) is 1. The van der Waals surface area contributed by atoms with Gasteiger partial charge in [-0.1, -0.05) is 31.0 Å². The normalized spacial score (nSPS) is 25.2. The molecule has 0 saturated heterocycles. The Morgan fingerprint density at radius 1 is 1.25 bits per heavy atom. The zero-order valence-electron chi connectivity index (χ0n) is 7.38. The van der Waals surface area contributed by atoms with Crippen LogP contribution in [0.1, 0.15) is 32.1 Å². The maximum Gasteiger partial charge on any atom is 0.156 e. The second-order valence-corrected chi connectivity index (χ2v) is 4.78. The lowest BCUT2D eigenvalue weighted by Gasteiger charge is -2.20. The van der Waals surface area contributed by atoms with Crippen LogP contribution < -0.4 is 5.32 Å². The van der Waals surface area contributed by atoms with E-state index in [0.717, 1.165) is 18.3 Å². The molecular formula is C9H16N2S. The van der Waals surface area contributed by atoms with Crippen molar-refractivity contribution in [3.63, 3.8) is 0 Å². The molecule has 0 aromatic carbocycles. The van der Waals surface area contributed by atoms with Gasteiger partial charge in [0.2, 0.25) is 0 Å². The third-order valence-electron chi connectivity index (χ3n) is 2.47. The molecule has 1 aliphatic heterocycles. The van der Waals surface area contributed by atoms with Gasteiger partial charge in [0.1, 0.15) is 0 Å². The Kier molecular flexibility index (Phi) is 2.93. The van der Waals surface area contributed by atoms with Crippen molar-refractivity contribution in [1.82, 2.24) is 5.32 Å². The highest BCUT2D eigenvalue weighted by molar-refractivity contribution is 8.14. The van der Waals surface area contributed by atoms with E-state index in [-0.39, 0.29) is 0 Å². The average molecular weight is 184 g/mol. The van der Waals surface area contributed by atoms with E-state index in [1.165, 1.54) is 37.3 Å². The Hall–Kier alpha value is -0.180. The zero-order valence-corrected chi connectivity index (χ0v) is 8.20. The topological polar surface area (TPSA) is 24.4 Å². The smallest absolute Gasteiger partial charge is 0.156 e. The number of thioether (sulfide) groups is 1. The molecule has 12 heavy (non-hydrogen) atoms. The number of nitrogens with zero attached hydrogens (tertiary/aromatic N) is 1. The Morgan fingerprint density at radius 2 is 2.08 bits per heavy atom. The first kappa shape index (κ1) is 8.42. The number of hydrogen-bond donors (Lipinski definition) is 1. The van der Waals surface area contributed by atoms with Gasteiger partial charge in [-0.15, -0.1) is 0 Å². The van der Waals surface area contributed by atoms with Gasteiger partial charge in [0.15, 0.2) is 5.17 Å². The fourth-order valence-corrected chi connectivity index (χ4v) is 3.03. The Bertz CT molecular complexity index is 173. The molecule has 1 fully saturated rings. The number of rotatable bonds is 1. The first-order valence-electron chi connectivity index (χ1n) is 4.90. The number of hydrogen-bond acceptors (Lipinski definition) is 3. The molecule has 0 radical (unpaired) electrons. The monoisotopic (exact) mass is 184 g/mol. The second-order valence-electron chi connectivity index (χ2n) is 3.49. The average Bonchev–Trinajstić information content (AvgIpc) is 2.59. The Labute approximate surface area is 78.2 Å². The van der Waals surface area contributed by atoms with Crippen LogP contribution in [-0.4, -0.2) is 23.5 Å². The van der Waals surface area contributed by atoms with Crippen LogP contribution in [0.4, 0.5) is 0 Å². The third kappa shape index (κ3) is 2.16. The zero-order chi connectivity index (χ0) is 8.23. The molecule has 1 N–H and O–H groups in total. The van der Waals surface area contributed by atoms with Crippen molar-refractivity contribution < 1.29 is 0 Å². The summed E-state index contributed by atoms with van der Waals surface area (Å²) in [5.74, 6) is 0. The van der Waals surface area contributed by atoms with Crippen molar-refractivity contribution >= 4 is 16.9 Å². The van der Waals surface area contributed by atoms with Gasteiger partial charge in [0.25, 0.3) is 0 Å². The first-order valence-corrected chi connectivity index (χ1v) is 5.78. The summed E-state index contributed by atoms with van der Waals surface area (Å²) < 4.78 is 0. The van der Waals surface area contributed by atoms with Crippen LogP contribution in [0.3, 0.4) is 0 Å². The van der Waals surface area contributed by atoms with Crippen molar-refractivity contribution in [3.05, 3.63) is 0 Å². The van der Waals surface area contributed by atoms with Crippen LogP contribution >= 0.6 is 11.8 Å². The maximum atomic E-state index is 4.40. The van der Waals surface area contributed by atoms with Crippen molar-refractivity contribution in [2.45, 2.75) is 37.4 Å². The molecule has 0 aromatic rings. The summed E-state index contributed by atoms with van der Waals surface area (Å²) in [4.78, 5) is 4.40. The highest BCUT2D eigenvalue weighted by atomic mass is 32.2. The summed E-state index contributed by atoms with van der Waals surface area (Å²) in [5.41, 5.74) is 0. The summed E-state index contributed by atoms with van der Waals surface area (Å²) in [7, 11) is 0. The molecule has 3 heteroatoms. The van der Waals surface area contributed by atoms with E-state index >= 15 is 0 Å². The minimum atomic E-state index is 0.850. The lowest BCUT2D eigenvalue weighted by Crippen LogP contribution is -2.19. The molecule has 1 saturated carbocycles. The van der Waals surface area contributed by atoms with Crippen LogP contribution in [0.5, 0.6) is 0 Å². The molecule has 0 atom stereocenters. The first-order chi connectivity index (χ1) is 5.95. The van der Waals surface area contributed by atoms with E-state index in [1.807, 2.05) is 11.8 Å². The van der Waals surface area contributed by atoms with Gasteiger partial charge in [-0.25, -0.2) is 0 Å². The Balaban J connectivity index is 1.77. The van der Waals surface area contributed by atoms with Crippen molar-refractivity contribution in [2.75, 3.05) is 13.1 Å². The highest BCUT2D eigenvalue weighted by Crippen LogP contribution is 2.28. The van der Waals surface area contributed by atoms with Crippen LogP contribution in [0.15, 0.2) is 4.99 Å². The number of aliphatic imine (C=N–C) groups is 1. The van der Waals surface area contributed by atoms with E-state index in [0.29, 0.717) is 0 Å². The van der Waals surface area contributed by atoms with E-state index in [1.54, 1.807) is 0 Å². The summed E-state index contributed by atoms with van der Waals surface area (Å²) in [6.07, 6.45) is 7.07. The summed E-state index contributed by atoms with van der Waals surface area (Å²) in [5, 5.41) is 5.36. The van der Waals surface area contributed by atoms with Gasteiger partial charge in [0.05, 0.1) is 6.54 Å². The highest BCUT2D eigenvalue weighted by Gasteiger charge is 2.17. The largest absolute Gasteiger partial charge is 0.363 e. The number of amidine groups is 1. The Morgan fingerprint density at radius 3 is 2.75 bits per heavy atom. The van der Waals surface area contributed by atoms with E-state index < -0.39 is 0 Å². The maximum absolute atomic E-state index is 4.40. The predicted octanol–water partition coefficient (Wildman–Crippen LogP) is 2.01. The van der Waals surface area contributed by atoms with Crippen molar-refractivity contribution in [1.29, 1.82) is 0 Å². The van der Waals surface area contributed by atoms with Gasteiger partial charge in [0, 0.05) is 11.8 Å². The van der Waals surface area contributed by atoms with Gasteiger partial charge < -0.3 is 5.32 Å². The van der Waals surface area contributed by atoms with Gasteiger partial charge in [-0.3, -0.25) is 4.99 Å². The van der Waals surface area contributed by atoms with Gasteiger partial charge in [-0.2, -0.15) is 0 Å². The molecule has 1 aliphatic carbocycles. The third-order valence-corrected chi connectivity index (χ3v) is 3.78. The fourth-order valence-electron chi connectivity index (χ4n) is 1.80. The molecule has 2 aliphatic rings. The SMILES string of the molecule is C1CCC(SC2=NCCN2)CC1. The minimum Gasteiger partial charge on any atom is -0.363 e. The quantitative estimate of drug-likeness (QED) is 0.674. The van der Waals surface area contributed by atoms with Crippen LogP contribution in [-0.2, 0) is 0 Å². The van der Waals surface area contributed by atoms with Gasteiger partial charge in [-0.05, 0) is 12.8 Å².